The fraction of sp³-hybridized carbons (Fsp3) is 0.250. The van der Waals surface area contributed by atoms with Crippen LogP contribution in [0.4, 0.5) is 4.39 Å². The fourth-order valence-corrected chi connectivity index (χ4v) is 1.19. The predicted octanol–water partition coefficient (Wildman–Crippen LogP) is 1.92. The summed E-state index contributed by atoms with van der Waals surface area (Å²) in [6.45, 7) is 0.198. The van der Waals surface area contributed by atoms with Crippen LogP contribution < -0.4 is 5.32 Å². The molecule has 0 bridgehead atoms. The summed E-state index contributed by atoms with van der Waals surface area (Å²) in [4.78, 5) is 11.0. The van der Waals surface area contributed by atoms with Crippen LogP contribution in [0.3, 0.4) is 0 Å². The van der Waals surface area contributed by atoms with Crippen LogP contribution in [0.25, 0.3) is 0 Å². The zero-order chi connectivity index (χ0) is 11.8. The molecule has 2 nitrogen and oxygen atoms in total. The molecule has 1 aromatic rings. The Balaban J connectivity index is 2.44. The van der Waals surface area contributed by atoms with E-state index in [4.69, 9.17) is 11.6 Å². The van der Waals surface area contributed by atoms with E-state index in [1.54, 1.807) is 18.2 Å². The van der Waals surface area contributed by atoms with Crippen molar-refractivity contribution >= 4 is 17.5 Å². The molecule has 0 spiro atoms. The first-order valence-electron chi connectivity index (χ1n) is 4.80. The second-order valence-corrected chi connectivity index (χ2v) is 3.38. The Bertz CT molecular complexity index is 423. The van der Waals surface area contributed by atoms with Crippen LogP contribution >= 0.6 is 11.6 Å². The SMILES string of the molecule is O=C(CCCl)NCC#Cc1ccccc1F. The van der Waals surface area contributed by atoms with E-state index in [0.717, 1.165) is 0 Å². The number of amides is 1. The van der Waals surface area contributed by atoms with Crippen molar-refractivity contribution in [2.24, 2.45) is 0 Å². The van der Waals surface area contributed by atoms with Crippen LogP contribution in [0.15, 0.2) is 24.3 Å². The highest BCUT2D eigenvalue weighted by Gasteiger charge is 1.97. The Hall–Kier alpha value is -1.53. The lowest BCUT2D eigenvalue weighted by molar-refractivity contribution is -0.120. The fourth-order valence-electron chi connectivity index (χ4n) is 1.02. The molecule has 4 heteroatoms. The van der Waals surface area contributed by atoms with E-state index in [1.807, 2.05) is 0 Å². The summed E-state index contributed by atoms with van der Waals surface area (Å²) in [7, 11) is 0. The van der Waals surface area contributed by atoms with Gasteiger partial charge in [-0.15, -0.1) is 11.6 Å². The largest absolute Gasteiger partial charge is 0.345 e. The minimum absolute atomic E-state index is 0.155. The zero-order valence-electron chi connectivity index (χ0n) is 8.59. The van der Waals surface area contributed by atoms with Gasteiger partial charge in [0.15, 0.2) is 0 Å². The molecular formula is C12H11ClFNO. The van der Waals surface area contributed by atoms with Gasteiger partial charge in [-0.3, -0.25) is 4.79 Å². The number of hydrogen-bond donors (Lipinski definition) is 1. The number of hydrogen-bond acceptors (Lipinski definition) is 1. The second-order valence-electron chi connectivity index (χ2n) is 3.00. The Labute approximate surface area is 98.8 Å². The van der Waals surface area contributed by atoms with E-state index in [0.29, 0.717) is 5.56 Å². The summed E-state index contributed by atoms with van der Waals surface area (Å²) in [6.07, 6.45) is 0.267. The highest BCUT2D eigenvalue weighted by molar-refractivity contribution is 6.18. The summed E-state index contributed by atoms with van der Waals surface area (Å²) in [5.74, 6) is 5.07. The van der Waals surface area contributed by atoms with Gasteiger partial charge < -0.3 is 5.32 Å². The van der Waals surface area contributed by atoms with Crippen molar-refractivity contribution in [1.82, 2.24) is 5.32 Å². The maximum Gasteiger partial charge on any atom is 0.221 e. The number of carbonyl (C=O) groups is 1. The molecule has 0 atom stereocenters. The van der Waals surface area contributed by atoms with E-state index < -0.39 is 0 Å². The van der Waals surface area contributed by atoms with E-state index >= 15 is 0 Å². The topological polar surface area (TPSA) is 29.1 Å². The highest BCUT2D eigenvalue weighted by Crippen LogP contribution is 2.03. The van der Waals surface area contributed by atoms with Crippen molar-refractivity contribution in [3.63, 3.8) is 0 Å². The molecule has 0 saturated carbocycles. The quantitative estimate of drug-likeness (QED) is 0.634. The van der Waals surface area contributed by atoms with Crippen molar-refractivity contribution in [3.8, 4) is 11.8 Å². The number of halogens is 2. The van der Waals surface area contributed by atoms with Crippen molar-refractivity contribution in [3.05, 3.63) is 35.6 Å². The lowest BCUT2D eigenvalue weighted by atomic mass is 10.2. The molecule has 1 aromatic carbocycles. The second kappa shape index (κ2) is 6.86. The van der Waals surface area contributed by atoms with Crippen molar-refractivity contribution in [1.29, 1.82) is 0 Å². The number of carbonyl (C=O) groups excluding carboxylic acids is 1. The molecule has 0 heterocycles. The lowest BCUT2D eigenvalue weighted by Gasteiger charge is -1.96. The van der Waals surface area contributed by atoms with Gasteiger partial charge in [0.25, 0.3) is 0 Å². The molecule has 0 aromatic heterocycles. The van der Waals surface area contributed by atoms with Gasteiger partial charge in [0.1, 0.15) is 5.82 Å². The first-order chi connectivity index (χ1) is 7.74. The van der Waals surface area contributed by atoms with Crippen LogP contribution in [-0.4, -0.2) is 18.3 Å². The molecule has 0 aliphatic carbocycles. The number of benzene rings is 1. The first kappa shape index (κ1) is 12.5. The van der Waals surface area contributed by atoms with Gasteiger partial charge in [-0.25, -0.2) is 4.39 Å². The van der Waals surface area contributed by atoms with E-state index in [9.17, 15) is 9.18 Å². The highest BCUT2D eigenvalue weighted by atomic mass is 35.5. The average Bonchev–Trinajstić information content (AvgIpc) is 2.27. The minimum Gasteiger partial charge on any atom is -0.345 e. The smallest absolute Gasteiger partial charge is 0.221 e. The molecule has 84 valence electrons. The molecule has 0 aliphatic heterocycles. The van der Waals surface area contributed by atoms with E-state index in [1.165, 1.54) is 6.07 Å². The Morgan fingerprint density at radius 1 is 1.44 bits per heavy atom. The molecular weight excluding hydrogens is 229 g/mol. The molecule has 0 fully saturated rings. The normalized spacial score (nSPS) is 9.12. The summed E-state index contributed by atoms with van der Waals surface area (Å²) in [5.41, 5.74) is 0.328. The Morgan fingerprint density at radius 2 is 2.19 bits per heavy atom. The third-order valence-corrected chi connectivity index (χ3v) is 1.98. The monoisotopic (exact) mass is 239 g/mol. The summed E-state index contributed by atoms with van der Waals surface area (Å²) in [5, 5.41) is 2.55. The summed E-state index contributed by atoms with van der Waals surface area (Å²) < 4.78 is 13.1. The number of rotatable bonds is 3. The predicted molar refractivity (Wildman–Crippen MR) is 61.6 cm³/mol. The van der Waals surface area contributed by atoms with Gasteiger partial charge in [0.05, 0.1) is 12.1 Å². The number of alkyl halides is 1. The van der Waals surface area contributed by atoms with Crippen LogP contribution in [0.5, 0.6) is 0 Å². The third kappa shape index (κ3) is 4.33. The van der Waals surface area contributed by atoms with E-state index in [2.05, 4.69) is 17.2 Å². The van der Waals surface area contributed by atoms with Crippen LogP contribution in [-0.2, 0) is 4.79 Å². The van der Waals surface area contributed by atoms with Gasteiger partial charge in [0.2, 0.25) is 5.91 Å². The number of nitrogens with one attached hydrogen (secondary N) is 1. The molecule has 0 aliphatic rings. The molecule has 1 rings (SSSR count). The molecule has 1 N–H and O–H groups in total. The van der Waals surface area contributed by atoms with Crippen LogP contribution in [0.1, 0.15) is 12.0 Å². The van der Waals surface area contributed by atoms with Crippen molar-refractivity contribution in [2.45, 2.75) is 6.42 Å². The zero-order valence-corrected chi connectivity index (χ0v) is 9.35. The van der Waals surface area contributed by atoms with Crippen molar-refractivity contribution < 1.29 is 9.18 Å². The van der Waals surface area contributed by atoms with Crippen molar-refractivity contribution in [2.75, 3.05) is 12.4 Å². The van der Waals surface area contributed by atoms with E-state index in [-0.39, 0.29) is 30.6 Å². The molecule has 1 amide bonds. The van der Waals surface area contributed by atoms with Gasteiger partial charge >= 0.3 is 0 Å². The molecule has 16 heavy (non-hydrogen) atoms. The minimum atomic E-state index is -0.359. The Kier molecular flexibility index (Phi) is 5.38. The third-order valence-electron chi connectivity index (χ3n) is 1.79. The van der Waals surface area contributed by atoms with Crippen LogP contribution in [0, 0.1) is 17.7 Å². The lowest BCUT2D eigenvalue weighted by Crippen LogP contribution is -2.23. The Morgan fingerprint density at radius 3 is 2.88 bits per heavy atom. The van der Waals surface area contributed by atoms with Gasteiger partial charge in [-0.2, -0.15) is 0 Å². The van der Waals surface area contributed by atoms with Crippen LogP contribution in [0.2, 0.25) is 0 Å². The summed E-state index contributed by atoms with van der Waals surface area (Å²) >= 11 is 5.38. The van der Waals surface area contributed by atoms with Gasteiger partial charge in [0, 0.05) is 12.3 Å². The van der Waals surface area contributed by atoms with Gasteiger partial charge in [-0.1, -0.05) is 24.0 Å². The average molecular weight is 240 g/mol. The maximum atomic E-state index is 13.1. The van der Waals surface area contributed by atoms with Gasteiger partial charge in [-0.05, 0) is 12.1 Å². The first-order valence-corrected chi connectivity index (χ1v) is 5.33. The molecule has 0 radical (unpaired) electrons. The standard InChI is InChI=1S/C12H11ClFNO/c13-8-7-12(16)15-9-3-5-10-4-1-2-6-11(10)14/h1-2,4,6H,7-9H2,(H,15,16). The molecule has 0 saturated heterocycles. The molecule has 0 unspecified atom stereocenters. The maximum absolute atomic E-state index is 13.1. The summed E-state index contributed by atoms with van der Waals surface area (Å²) in [6, 6.07) is 6.24.